The van der Waals surface area contributed by atoms with Crippen molar-refractivity contribution in [3.63, 3.8) is 0 Å². The van der Waals surface area contributed by atoms with Gasteiger partial charge in [0.15, 0.2) is 64.9 Å². The maximum absolute atomic E-state index is 13.5. The molecule has 0 atom stereocenters. The smallest absolute Gasteiger partial charge is 0.461 e. The van der Waals surface area contributed by atoms with Gasteiger partial charge in [0, 0.05) is 80.0 Å². The van der Waals surface area contributed by atoms with Crippen LogP contribution in [0.5, 0.6) is 0 Å². The molecule has 2 aliphatic heterocycles. The van der Waals surface area contributed by atoms with Gasteiger partial charge in [0.25, 0.3) is 0 Å². The summed E-state index contributed by atoms with van der Waals surface area (Å²) in [5, 5.41) is 78.6. The predicted octanol–water partition coefficient (Wildman–Crippen LogP) is 21.2. The van der Waals surface area contributed by atoms with E-state index in [1.807, 2.05) is 170 Å². The van der Waals surface area contributed by atoms with Crippen LogP contribution >= 0.6 is 27.5 Å². The first-order valence-electron chi connectivity index (χ1n) is 48.5. The number of ketones is 1. The van der Waals surface area contributed by atoms with E-state index in [-0.39, 0.29) is 82.7 Å². The number of aromatic amines is 1. The Kier molecular flexibility index (Phi) is 38.8. The van der Waals surface area contributed by atoms with Gasteiger partial charge in [-0.05, 0) is 176 Å². The van der Waals surface area contributed by atoms with E-state index < -0.39 is 52.2 Å². The molecule has 7 aromatic heterocycles. The number of carbonyl (C=O) groups is 4. The Morgan fingerprint density at radius 1 is 0.423 bits per heavy atom. The number of tetrazole rings is 1. The number of esters is 3. The predicted molar refractivity (Wildman–Crippen MR) is 564 cm³/mol. The van der Waals surface area contributed by atoms with E-state index in [1.165, 1.54) is 5.56 Å². The van der Waals surface area contributed by atoms with Gasteiger partial charge in [-0.2, -0.15) is 15.4 Å². The lowest BCUT2D eigenvalue weighted by Crippen LogP contribution is -2.23. The van der Waals surface area contributed by atoms with Crippen molar-refractivity contribution in [3.05, 3.63) is 351 Å². The third-order valence-electron chi connectivity index (χ3n) is 23.5. The minimum atomic E-state index is -1.41. The Hall–Kier alpha value is -15.3. The molecule has 0 spiro atoms. The Labute approximate surface area is 873 Å². The minimum absolute atomic E-state index is 0.00398. The number of nitrogens with zero attached hydrogens (tertiary/aromatic N) is 15. The van der Waals surface area contributed by atoms with E-state index in [0.717, 1.165) is 132 Å². The molecule has 8 aromatic carbocycles. The molecule has 0 saturated heterocycles. The van der Waals surface area contributed by atoms with Crippen molar-refractivity contribution in [2.45, 2.75) is 217 Å². The van der Waals surface area contributed by atoms with Crippen molar-refractivity contribution in [3.8, 4) is 55.9 Å². The summed E-state index contributed by atoms with van der Waals surface area (Å²) in [5.41, 5.74) is 14.9. The first-order chi connectivity index (χ1) is 71.3. The highest BCUT2D eigenvalue weighted by molar-refractivity contribution is 9.08. The number of alkyl halides is 2. The molecule has 0 saturated carbocycles. The molecule has 17 rings (SSSR count). The van der Waals surface area contributed by atoms with Gasteiger partial charge in [-0.1, -0.05) is 252 Å². The van der Waals surface area contributed by atoms with Crippen LogP contribution in [0.4, 0.5) is 0 Å². The van der Waals surface area contributed by atoms with E-state index in [0.29, 0.717) is 98.8 Å². The molecule has 0 unspecified atom stereocenters. The number of aliphatic hydroxyl groups excluding tert-OH is 1. The van der Waals surface area contributed by atoms with Gasteiger partial charge in [-0.3, -0.25) is 4.79 Å². The van der Waals surface area contributed by atoms with E-state index in [2.05, 4.69) is 161 Å². The van der Waals surface area contributed by atoms with E-state index in [1.54, 1.807) is 78.4 Å². The first kappa shape index (κ1) is 112. The lowest BCUT2D eigenvalue weighted by Gasteiger charge is -2.18. The van der Waals surface area contributed by atoms with E-state index >= 15 is 0 Å². The zero-order chi connectivity index (χ0) is 108. The standard InChI is InChI=1S/C30H31N5O6.C29H30N6O6.C27H31N5O3.C19H21BrO.C5H5ClO3.CH4O/c1-5-8-25-32-27(30(3,4)38)26(28(36)39-17-24-18(2)40-29(37)41-24)35(25)16-19-11-13-20(14-12-19)21-9-6-7-10-22(21)23-15-31-34-33-23;1-5-8-23-30-25(29(3,4)38)24(27(36)39-16-22-17(2)40-28(37)41-22)35(23)15-18-11-13-19(14-12-18)20-9-6-7-10-21(20)26-31-33-34-32-26;1-5-9-23-29-25(27(3,4)34)24(26(33)35-6-2)32(23)17-18-12-14-19(15-13-18)20-10-7-8-11-21(20)22-16-28-31-30-22;1-19(2,3)12-18(21)17-7-5-4-6-16(17)15-10-8-14(13-20)9-11-15;1-3-4(2-6)9-5(7)8-3;1-2/h6-7,9-14,38H,5,8,15-17H2,1-4H3;6-7,9-14,38H,5,8,15-16H2,1-4H3,(H,31,32,33,34);7-8,10-15,34H,5-6,9,16-17H2,1-4H3;4-11H,12-13H2,1-3H3;2H2,1H3;2H,1H3. The van der Waals surface area contributed by atoms with Crippen LogP contribution in [0.2, 0.25) is 0 Å². The number of H-pyrrole nitrogens is 1. The number of nitrogens with one attached hydrogen (secondary N) is 1. The summed E-state index contributed by atoms with van der Waals surface area (Å²) in [6.45, 7) is 30.1. The monoisotopic (exact) mass is 2110 g/mol. The number of imidazole rings is 3. The van der Waals surface area contributed by atoms with Crippen molar-refractivity contribution in [2.75, 3.05) is 26.8 Å². The molecule has 38 heteroatoms. The molecule has 36 nitrogen and oxygen atoms in total. The summed E-state index contributed by atoms with van der Waals surface area (Å²) in [4.78, 5) is 99.5. The van der Waals surface area contributed by atoms with E-state index in [4.69, 9.17) is 48.6 Å². The molecule has 5 N–H and O–H groups in total. The SMILES string of the molecule is CC(C)(C)CC(=O)c1ccccc1-c1ccc(CBr)cc1.CCCc1nc(C(C)(C)O)c(C(=O)OCC)n1Cc1ccc(-c2ccccc2C2=NN=NC2)cc1.CCCc1nc(C(C)(C)O)c(C(=O)OCc2oc(=O)oc2C)n1Cc1ccc(-c2ccccc2-c2nn[nH]n2)cc1.CCCc1nc(C(C)(C)O)c(C(=O)OCc2oc(=O)oc2C)n1Cc1ccc(-c2ccccc2C2=NN=NC2)cc1.CO.Cc1oc(=O)oc1CCl. The van der Waals surface area contributed by atoms with Gasteiger partial charge in [-0.25, -0.2) is 43.7 Å². The number of aliphatic hydroxyl groups is 4. The van der Waals surface area contributed by atoms with Crippen LogP contribution in [0.3, 0.4) is 0 Å². The molecule has 15 aromatic rings. The second kappa shape index (κ2) is 51.4. The molecule has 0 fully saturated rings. The molecule has 0 amide bonds. The molecule has 0 bridgehead atoms. The van der Waals surface area contributed by atoms with Gasteiger partial charge in [0.1, 0.15) is 70.2 Å². The number of aromatic nitrogens is 10. The number of ether oxygens (including phenoxy) is 3. The molecule has 0 aliphatic carbocycles. The highest BCUT2D eigenvalue weighted by Gasteiger charge is 2.37. The number of benzene rings is 8. The van der Waals surface area contributed by atoms with E-state index in [9.17, 15) is 48.9 Å². The lowest BCUT2D eigenvalue weighted by molar-refractivity contribution is 0.0391. The molecule has 2 aliphatic rings. The number of halogens is 2. The number of Topliss-reactive ketones (excluding diaryl/α,β-unsaturated/α-hetero) is 1. The van der Waals surface area contributed by atoms with Crippen molar-refractivity contribution in [1.82, 2.24) is 49.3 Å². The fourth-order valence-corrected chi connectivity index (χ4v) is 17.0. The van der Waals surface area contributed by atoms with Crippen LogP contribution in [-0.4, -0.2) is 132 Å². The molecule has 780 valence electrons. The van der Waals surface area contributed by atoms with Gasteiger partial charge in [0.2, 0.25) is 5.82 Å². The van der Waals surface area contributed by atoms with Crippen LogP contribution in [0.15, 0.2) is 266 Å². The van der Waals surface area contributed by atoms with Crippen molar-refractivity contribution >= 4 is 62.6 Å². The normalized spacial score (nSPS) is 12.2. The Morgan fingerprint density at radius 2 is 0.745 bits per heavy atom. The average Bonchev–Trinajstić information content (AvgIpc) is 1.62. The van der Waals surface area contributed by atoms with Gasteiger partial charge < -0.3 is 74.8 Å². The zero-order valence-electron chi connectivity index (χ0n) is 86.3. The zero-order valence-corrected chi connectivity index (χ0v) is 88.6. The van der Waals surface area contributed by atoms with Crippen LogP contribution in [0.1, 0.15) is 260 Å². The Morgan fingerprint density at radius 3 is 1.04 bits per heavy atom. The molecule has 9 heterocycles. The largest absolute Gasteiger partial charge is 0.519 e. The van der Waals surface area contributed by atoms with Crippen LogP contribution in [0, 0.1) is 26.2 Å². The van der Waals surface area contributed by atoms with Crippen LogP contribution < -0.4 is 17.5 Å². The Bertz CT molecular complexity index is 7430. The molecular formula is C111H122BrClN16O20. The summed E-state index contributed by atoms with van der Waals surface area (Å²) in [5.74, 6) is 0.203. The van der Waals surface area contributed by atoms with Crippen LogP contribution in [-0.2, 0) is 94.3 Å². The number of hydrogen-bond acceptors (Lipinski definition) is 32. The second-order valence-electron chi connectivity index (χ2n) is 37.5. The summed E-state index contributed by atoms with van der Waals surface area (Å²) in [6, 6.07) is 64.3. The first-order valence-corrected chi connectivity index (χ1v) is 50.1. The number of aryl methyl sites for hydroxylation is 6. The maximum atomic E-state index is 13.5. The number of carbonyl (C=O) groups excluding carboxylic acids is 4. The van der Waals surface area contributed by atoms with Crippen molar-refractivity contribution < 1.29 is 80.3 Å². The quantitative estimate of drug-likeness (QED) is 0.0108. The highest BCUT2D eigenvalue weighted by Crippen LogP contribution is 2.38. The topological polar surface area (TPSA) is 489 Å². The fraction of sp³-hybridized carbons (Fsp3) is 0.342. The minimum Gasteiger partial charge on any atom is -0.461 e. The van der Waals surface area contributed by atoms with Crippen molar-refractivity contribution in [2.24, 2.45) is 36.3 Å². The van der Waals surface area contributed by atoms with Crippen molar-refractivity contribution in [1.29, 1.82) is 0 Å². The molecule has 149 heavy (non-hydrogen) atoms. The molecule has 0 radical (unpaired) electrons. The third-order valence-corrected chi connectivity index (χ3v) is 24.4. The fourth-order valence-electron chi connectivity index (χ4n) is 16.4. The highest BCUT2D eigenvalue weighted by atomic mass is 79.9. The summed E-state index contributed by atoms with van der Waals surface area (Å²) in [7, 11) is 1.00. The average molecular weight is 2120 g/mol. The van der Waals surface area contributed by atoms with Gasteiger partial charge >= 0.3 is 35.4 Å². The number of rotatable bonds is 34. The van der Waals surface area contributed by atoms with Crippen LogP contribution in [0.25, 0.3) is 55.9 Å². The summed E-state index contributed by atoms with van der Waals surface area (Å²) in [6.07, 6.45) is 4.85. The lowest BCUT2D eigenvalue weighted by atomic mass is 9.85. The number of hydrogen-bond donors (Lipinski definition) is 5. The van der Waals surface area contributed by atoms with Gasteiger partial charge in [-0.15, -0.1) is 32.0 Å². The maximum Gasteiger partial charge on any atom is 0.519 e. The van der Waals surface area contributed by atoms with Gasteiger partial charge in [0.05, 0.1) is 23.9 Å². The second-order valence-corrected chi connectivity index (χ2v) is 38.4. The Balaban J connectivity index is 0.000000173. The third kappa shape index (κ3) is 29.2. The molecular weight excluding hydrogens is 1990 g/mol. The summed E-state index contributed by atoms with van der Waals surface area (Å²) >= 11 is 8.81. The summed E-state index contributed by atoms with van der Waals surface area (Å²) < 4.78 is 50.5.